The monoisotopic (exact) mass is 360 g/mol. The maximum atomic E-state index is 13.1. The van der Waals surface area contributed by atoms with Crippen molar-refractivity contribution in [2.24, 2.45) is 5.73 Å². The summed E-state index contributed by atoms with van der Waals surface area (Å²) in [6.45, 7) is 0.368. The fourth-order valence-electron chi connectivity index (χ4n) is 2.53. The lowest BCUT2D eigenvalue weighted by atomic mass is 10.0. The van der Waals surface area contributed by atoms with Gasteiger partial charge in [0, 0.05) is 6.54 Å². The highest BCUT2D eigenvalue weighted by molar-refractivity contribution is 5.85. The molecule has 1 aromatic rings. The number of esters is 1. The third-order valence-electron chi connectivity index (χ3n) is 3.85. The van der Waals surface area contributed by atoms with Crippen LogP contribution >= 0.6 is 12.4 Å². The van der Waals surface area contributed by atoms with E-state index in [1.165, 1.54) is 31.4 Å². The van der Waals surface area contributed by atoms with Crippen molar-refractivity contribution < 1.29 is 23.5 Å². The minimum atomic E-state index is -0.601. The van der Waals surface area contributed by atoms with Gasteiger partial charge in [0.15, 0.2) is 0 Å². The fraction of sp³-hybridized carbons (Fsp3) is 0.500. The van der Waals surface area contributed by atoms with Crippen LogP contribution in [0.5, 0.6) is 0 Å². The first-order chi connectivity index (χ1) is 11.0. The number of methoxy groups -OCH3 is 1. The van der Waals surface area contributed by atoms with Crippen molar-refractivity contribution in [2.45, 2.75) is 37.5 Å². The van der Waals surface area contributed by atoms with E-state index in [4.69, 9.17) is 10.5 Å². The predicted molar refractivity (Wildman–Crippen MR) is 88.1 cm³/mol. The molecular formula is C16H22ClFN2O4. The molecule has 0 saturated carbocycles. The molecule has 1 aliphatic rings. The van der Waals surface area contributed by atoms with E-state index in [1.54, 1.807) is 0 Å². The first-order valence-electron chi connectivity index (χ1n) is 7.51. The Morgan fingerprint density at radius 3 is 2.58 bits per heavy atom. The van der Waals surface area contributed by atoms with Crippen molar-refractivity contribution in [2.75, 3.05) is 13.7 Å². The van der Waals surface area contributed by atoms with Crippen LogP contribution in [0.15, 0.2) is 24.3 Å². The topological polar surface area (TPSA) is 90.7 Å². The van der Waals surface area contributed by atoms with E-state index in [2.05, 4.69) is 10.1 Å². The van der Waals surface area contributed by atoms with Crippen LogP contribution in [0.3, 0.4) is 0 Å². The SMILES string of the molecule is COC(=O)CC(NC(=O)[C@@H]1CC[C@H](CN)O1)c1ccc(F)cc1.Cl. The number of hydrogen-bond donors (Lipinski definition) is 2. The zero-order chi connectivity index (χ0) is 16.8. The molecule has 0 aliphatic carbocycles. The van der Waals surface area contributed by atoms with E-state index >= 15 is 0 Å². The number of rotatable bonds is 6. The van der Waals surface area contributed by atoms with Gasteiger partial charge in [0.2, 0.25) is 5.91 Å². The molecule has 0 radical (unpaired) electrons. The van der Waals surface area contributed by atoms with E-state index in [9.17, 15) is 14.0 Å². The molecule has 1 unspecified atom stereocenters. The van der Waals surface area contributed by atoms with Gasteiger partial charge in [-0.25, -0.2) is 4.39 Å². The Hall–Kier alpha value is -1.70. The molecule has 0 spiro atoms. The fourth-order valence-corrected chi connectivity index (χ4v) is 2.53. The summed E-state index contributed by atoms with van der Waals surface area (Å²) < 4.78 is 23.3. The minimum absolute atomic E-state index is 0. The highest BCUT2D eigenvalue weighted by Crippen LogP contribution is 2.22. The van der Waals surface area contributed by atoms with E-state index in [-0.39, 0.29) is 36.7 Å². The number of carbonyl (C=O) groups excluding carboxylic acids is 2. The summed E-state index contributed by atoms with van der Waals surface area (Å²) in [5.41, 5.74) is 6.16. The molecule has 1 saturated heterocycles. The molecule has 3 atom stereocenters. The minimum Gasteiger partial charge on any atom is -0.469 e. The van der Waals surface area contributed by atoms with Gasteiger partial charge in [0.25, 0.3) is 0 Å². The Labute approximate surface area is 146 Å². The molecule has 1 heterocycles. The maximum absolute atomic E-state index is 13.1. The van der Waals surface area contributed by atoms with Crippen LogP contribution in [0, 0.1) is 5.82 Å². The van der Waals surface area contributed by atoms with Crippen LogP contribution < -0.4 is 11.1 Å². The summed E-state index contributed by atoms with van der Waals surface area (Å²) in [4.78, 5) is 23.9. The molecule has 3 N–H and O–H groups in total. The van der Waals surface area contributed by atoms with Gasteiger partial charge in [0.1, 0.15) is 11.9 Å². The summed E-state index contributed by atoms with van der Waals surface area (Å²) in [7, 11) is 1.28. The number of hydrogen-bond acceptors (Lipinski definition) is 5. The maximum Gasteiger partial charge on any atom is 0.307 e. The van der Waals surface area contributed by atoms with Gasteiger partial charge in [-0.05, 0) is 30.5 Å². The number of amides is 1. The van der Waals surface area contributed by atoms with Gasteiger partial charge in [-0.15, -0.1) is 12.4 Å². The van der Waals surface area contributed by atoms with Crippen molar-refractivity contribution in [3.8, 4) is 0 Å². The van der Waals surface area contributed by atoms with Gasteiger partial charge in [-0.3, -0.25) is 9.59 Å². The second-order valence-electron chi connectivity index (χ2n) is 5.45. The van der Waals surface area contributed by atoms with Crippen LogP contribution in [0.2, 0.25) is 0 Å². The zero-order valence-corrected chi connectivity index (χ0v) is 14.2. The van der Waals surface area contributed by atoms with Crippen LogP contribution in [0.25, 0.3) is 0 Å². The quantitative estimate of drug-likeness (QED) is 0.750. The van der Waals surface area contributed by atoms with Crippen molar-refractivity contribution in [3.05, 3.63) is 35.6 Å². The predicted octanol–water partition coefficient (Wildman–Crippen LogP) is 1.47. The van der Waals surface area contributed by atoms with E-state index in [1.807, 2.05) is 0 Å². The van der Waals surface area contributed by atoms with Gasteiger partial charge < -0.3 is 20.5 Å². The lowest BCUT2D eigenvalue weighted by molar-refractivity contribution is -0.141. The van der Waals surface area contributed by atoms with Crippen molar-refractivity contribution >= 4 is 24.3 Å². The van der Waals surface area contributed by atoms with Crippen molar-refractivity contribution in [1.29, 1.82) is 0 Å². The Kier molecular flexibility index (Phi) is 8.10. The van der Waals surface area contributed by atoms with Crippen molar-refractivity contribution in [3.63, 3.8) is 0 Å². The first kappa shape index (κ1) is 20.3. The molecule has 8 heteroatoms. The number of ether oxygens (including phenoxy) is 2. The molecule has 1 fully saturated rings. The van der Waals surface area contributed by atoms with Crippen molar-refractivity contribution in [1.82, 2.24) is 5.32 Å². The van der Waals surface area contributed by atoms with Crippen LogP contribution in [-0.4, -0.2) is 37.7 Å². The van der Waals surface area contributed by atoms with E-state index in [0.717, 1.165) is 6.42 Å². The average molecular weight is 361 g/mol. The summed E-state index contributed by atoms with van der Waals surface area (Å²) in [6.07, 6.45) is 0.579. The molecule has 24 heavy (non-hydrogen) atoms. The average Bonchev–Trinajstić information content (AvgIpc) is 3.04. The van der Waals surface area contributed by atoms with E-state index < -0.39 is 18.1 Å². The number of benzene rings is 1. The molecule has 1 aliphatic heterocycles. The molecule has 0 aromatic heterocycles. The highest BCUT2D eigenvalue weighted by Gasteiger charge is 2.31. The highest BCUT2D eigenvalue weighted by atomic mass is 35.5. The van der Waals surface area contributed by atoms with Gasteiger partial charge in [-0.2, -0.15) is 0 Å². The van der Waals surface area contributed by atoms with Gasteiger partial charge >= 0.3 is 5.97 Å². The summed E-state index contributed by atoms with van der Waals surface area (Å²) >= 11 is 0. The lowest BCUT2D eigenvalue weighted by Gasteiger charge is -2.20. The number of nitrogens with one attached hydrogen (secondary N) is 1. The van der Waals surface area contributed by atoms with Crippen LogP contribution in [0.4, 0.5) is 4.39 Å². The standard InChI is InChI=1S/C16H21FN2O4.ClH/c1-22-15(20)8-13(10-2-4-11(17)5-3-10)19-16(21)14-7-6-12(9-18)23-14;/h2-5,12-14H,6-9,18H2,1H3,(H,19,21);1H/t12-,13?,14+;/m1./s1. The third-order valence-corrected chi connectivity index (χ3v) is 3.85. The molecule has 6 nitrogen and oxygen atoms in total. The molecule has 1 amide bonds. The van der Waals surface area contributed by atoms with Crippen LogP contribution in [-0.2, 0) is 19.1 Å². The van der Waals surface area contributed by atoms with Gasteiger partial charge in [-0.1, -0.05) is 12.1 Å². The molecular weight excluding hydrogens is 339 g/mol. The van der Waals surface area contributed by atoms with Crippen LogP contribution in [0.1, 0.15) is 30.9 Å². The normalized spacial score (nSPS) is 20.8. The molecule has 0 bridgehead atoms. The first-order valence-corrected chi connectivity index (χ1v) is 7.51. The number of carbonyl (C=O) groups is 2. The Balaban J connectivity index is 0.00000288. The summed E-state index contributed by atoms with van der Waals surface area (Å²) in [5, 5.41) is 2.78. The molecule has 1 aromatic carbocycles. The molecule has 2 rings (SSSR count). The lowest BCUT2D eigenvalue weighted by Crippen LogP contribution is -2.38. The molecule has 134 valence electrons. The number of halogens is 2. The second kappa shape index (κ2) is 9.56. The smallest absolute Gasteiger partial charge is 0.307 e. The number of nitrogens with two attached hydrogens (primary N) is 1. The third kappa shape index (κ3) is 5.43. The Bertz CT molecular complexity index is 556. The van der Waals surface area contributed by atoms with Gasteiger partial charge in [0.05, 0.1) is 25.7 Å². The Morgan fingerprint density at radius 2 is 2.04 bits per heavy atom. The van der Waals surface area contributed by atoms with E-state index in [0.29, 0.717) is 18.5 Å². The zero-order valence-electron chi connectivity index (χ0n) is 13.4. The summed E-state index contributed by atoms with van der Waals surface area (Å²) in [6, 6.07) is 5.02. The second-order valence-corrected chi connectivity index (χ2v) is 5.45. The Morgan fingerprint density at radius 1 is 1.38 bits per heavy atom. The summed E-state index contributed by atoms with van der Waals surface area (Å²) in [5.74, 6) is -1.16. The largest absolute Gasteiger partial charge is 0.469 e.